The maximum absolute atomic E-state index is 10.9. The molecule has 3 unspecified atom stereocenters. The summed E-state index contributed by atoms with van der Waals surface area (Å²) in [5.41, 5.74) is 0.779. The second-order valence-corrected chi connectivity index (χ2v) is 5.91. The van der Waals surface area contributed by atoms with E-state index in [0.29, 0.717) is 5.92 Å². The van der Waals surface area contributed by atoms with Crippen molar-refractivity contribution in [3.05, 3.63) is 29.8 Å². The van der Waals surface area contributed by atoms with Crippen LogP contribution in [-0.2, 0) is 0 Å². The molecule has 3 nitrogen and oxygen atoms in total. The molecule has 1 saturated heterocycles. The van der Waals surface area contributed by atoms with E-state index in [4.69, 9.17) is 4.74 Å². The predicted octanol–water partition coefficient (Wildman–Crippen LogP) is 3.07. The van der Waals surface area contributed by atoms with Crippen LogP contribution in [0.1, 0.15) is 43.7 Å². The summed E-state index contributed by atoms with van der Waals surface area (Å²) in [6, 6.07) is 8.50. The Labute approximate surface area is 127 Å². The number of methoxy groups -OCH3 is 1. The number of hydrogen-bond acceptors (Lipinski definition) is 3. The Morgan fingerprint density at radius 1 is 1.30 bits per heavy atom. The fourth-order valence-corrected chi connectivity index (χ4v) is 3.81. The Kier molecular flexibility index (Phi) is 4.95. The quantitative estimate of drug-likeness (QED) is 0.881. The molecule has 1 aromatic rings. The Balaban J connectivity index is 0.00000147. The summed E-state index contributed by atoms with van der Waals surface area (Å²) in [7, 11) is 1.70. The number of hydrogen-bond donors (Lipinski definition) is 2. The van der Waals surface area contributed by atoms with Gasteiger partial charge in [0.25, 0.3) is 0 Å². The Morgan fingerprint density at radius 2 is 2.15 bits per heavy atom. The Morgan fingerprint density at radius 3 is 2.95 bits per heavy atom. The van der Waals surface area contributed by atoms with Gasteiger partial charge in [-0.2, -0.15) is 0 Å². The molecule has 112 valence electrons. The fourth-order valence-electron chi connectivity index (χ4n) is 3.81. The molecule has 2 fully saturated rings. The van der Waals surface area contributed by atoms with Crippen molar-refractivity contribution in [1.29, 1.82) is 0 Å². The third kappa shape index (κ3) is 2.80. The van der Waals surface area contributed by atoms with Crippen LogP contribution in [0.2, 0.25) is 0 Å². The third-order valence-corrected chi connectivity index (χ3v) is 4.84. The first-order chi connectivity index (χ1) is 9.23. The first kappa shape index (κ1) is 15.6. The van der Waals surface area contributed by atoms with E-state index in [1.807, 2.05) is 12.1 Å². The highest BCUT2D eigenvalue weighted by Gasteiger charge is 2.45. The van der Waals surface area contributed by atoms with Crippen molar-refractivity contribution in [1.82, 2.24) is 5.32 Å². The molecule has 0 bridgehead atoms. The molecular formula is C16H24ClNO2. The molecule has 3 atom stereocenters. The highest BCUT2D eigenvalue weighted by atomic mass is 35.5. The van der Waals surface area contributed by atoms with Crippen LogP contribution >= 0.6 is 12.4 Å². The Bertz CT molecular complexity index is 450. The van der Waals surface area contributed by atoms with E-state index in [0.717, 1.165) is 38.0 Å². The molecule has 1 heterocycles. The fraction of sp³-hybridized carbons (Fsp3) is 0.625. The second kappa shape index (κ2) is 6.33. The lowest BCUT2D eigenvalue weighted by Gasteiger charge is -2.48. The summed E-state index contributed by atoms with van der Waals surface area (Å²) in [5.74, 6) is 1.23. The minimum absolute atomic E-state index is 0. The molecule has 4 heteroatoms. The number of halogens is 1. The van der Waals surface area contributed by atoms with E-state index in [2.05, 4.69) is 17.4 Å². The molecular weight excluding hydrogens is 274 g/mol. The lowest BCUT2D eigenvalue weighted by molar-refractivity contribution is -0.0861. The monoisotopic (exact) mass is 297 g/mol. The maximum atomic E-state index is 10.9. The zero-order chi connectivity index (χ0) is 13.3. The summed E-state index contributed by atoms with van der Waals surface area (Å²) in [6.45, 7) is 0.898. The van der Waals surface area contributed by atoms with Gasteiger partial charge in [0.1, 0.15) is 5.75 Å². The highest BCUT2D eigenvalue weighted by molar-refractivity contribution is 5.85. The van der Waals surface area contributed by atoms with Gasteiger partial charge in [-0.25, -0.2) is 0 Å². The van der Waals surface area contributed by atoms with Crippen LogP contribution in [0, 0.1) is 5.92 Å². The molecule has 2 N–H and O–H groups in total. The topological polar surface area (TPSA) is 41.5 Å². The SMILES string of the molecule is COc1cccc(C2NCCC3(O)CCCCC23)c1.Cl. The average molecular weight is 298 g/mol. The van der Waals surface area contributed by atoms with Crippen LogP contribution in [0.15, 0.2) is 24.3 Å². The number of piperidine rings is 1. The molecule has 0 radical (unpaired) electrons. The number of benzene rings is 1. The van der Waals surface area contributed by atoms with Gasteiger partial charge < -0.3 is 15.2 Å². The van der Waals surface area contributed by atoms with E-state index >= 15 is 0 Å². The lowest BCUT2D eigenvalue weighted by Crippen LogP contribution is -2.53. The van der Waals surface area contributed by atoms with Crippen LogP contribution in [0.3, 0.4) is 0 Å². The van der Waals surface area contributed by atoms with Crippen molar-refractivity contribution < 1.29 is 9.84 Å². The number of fused-ring (bicyclic) bond motifs is 1. The predicted molar refractivity (Wildman–Crippen MR) is 82.5 cm³/mol. The standard InChI is InChI=1S/C16H23NO2.ClH/c1-19-13-6-4-5-12(11-13)15-14-7-2-3-8-16(14,18)9-10-17-15;/h4-6,11,14-15,17-18H,2-3,7-10H2,1H3;1H. The number of rotatable bonds is 2. The minimum atomic E-state index is -0.461. The number of aliphatic hydroxyl groups is 1. The van der Waals surface area contributed by atoms with E-state index in [9.17, 15) is 5.11 Å². The van der Waals surface area contributed by atoms with Gasteiger partial charge in [-0.15, -0.1) is 12.4 Å². The minimum Gasteiger partial charge on any atom is -0.497 e. The summed E-state index contributed by atoms with van der Waals surface area (Å²) >= 11 is 0. The molecule has 3 rings (SSSR count). The molecule has 2 aliphatic rings. The number of nitrogens with one attached hydrogen (secondary N) is 1. The van der Waals surface area contributed by atoms with Crippen LogP contribution in [-0.4, -0.2) is 24.4 Å². The first-order valence-corrected chi connectivity index (χ1v) is 7.33. The molecule has 1 saturated carbocycles. The van der Waals surface area contributed by atoms with Gasteiger partial charge in [0.15, 0.2) is 0 Å². The van der Waals surface area contributed by atoms with Crippen LogP contribution in [0.4, 0.5) is 0 Å². The zero-order valence-corrected chi connectivity index (χ0v) is 12.8. The molecule has 1 aliphatic heterocycles. The molecule has 20 heavy (non-hydrogen) atoms. The van der Waals surface area contributed by atoms with Gasteiger partial charge in [-0.05, 0) is 43.5 Å². The lowest BCUT2D eigenvalue weighted by atomic mass is 9.67. The second-order valence-electron chi connectivity index (χ2n) is 5.91. The van der Waals surface area contributed by atoms with Crippen molar-refractivity contribution in [2.75, 3.05) is 13.7 Å². The molecule has 0 aromatic heterocycles. The van der Waals surface area contributed by atoms with Gasteiger partial charge in [0, 0.05) is 12.0 Å². The van der Waals surface area contributed by atoms with Gasteiger partial charge in [0.05, 0.1) is 12.7 Å². The Hall–Kier alpha value is -0.770. The van der Waals surface area contributed by atoms with Crippen molar-refractivity contribution in [2.45, 2.75) is 43.7 Å². The maximum Gasteiger partial charge on any atom is 0.119 e. The highest BCUT2D eigenvalue weighted by Crippen LogP contribution is 2.45. The third-order valence-electron chi connectivity index (χ3n) is 4.84. The van der Waals surface area contributed by atoms with Gasteiger partial charge in [-0.3, -0.25) is 0 Å². The van der Waals surface area contributed by atoms with Crippen molar-refractivity contribution in [3.63, 3.8) is 0 Å². The normalized spacial score (nSPS) is 32.9. The summed E-state index contributed by atoms with van der Waals surface area (Å²) in [5, 5.41) is 14.5. The first-order valence-electron chi connectivity index (χ1n) is 7.33. The summed E-state index contributed by atoms with van der Waals surface area (Å²) in [4.78, 5) is 0. The van der Waals surface area contributed by atoms with Crippen molar-refractivity contribution in [2.24, 2.45) is 5.92 Å². The zero-order valence-electron chi connectivity index (χ0n) is 12.0. The van der Waals surface area contributed by atoms with Crippen LogP contribution in [0.5, 0.6) is 5.75 Å². The summed E-state index contributed by atoms with van der Waals surface area (Å²) < 4.78 is 5.32. The molecule has 0 spiro atoms. The van der Waals surface area contributed by atoms with E-state index in [1.165, 1.54) is 12.0 Å². The van der Waals surface area contributed by atoms with E-state index in [1.54, 1.807) is 7.11 Å². The molecule has 0 amide bonds. The van der Waals surface area contributed by atoms with Gasteiger partial charge >= 0.3 is 0 Å². The van der Waals surface area contributed by atoms with E-state index < -0.39 is 5.60 Å². The number of ether oxygens (including phenoxy) is 1. The van der Waals surface area contributed by atoms with Crippen molar-refractivity contribution in [3.8, 4) is 5.75 Å². The average Bonchev–Trinajstić information content (AvgIpc) is 2.46. The van der Waals surface area contributed by atoms with Crippen molar-refractivity contribution >= 4 is 12.4 Å². The van der Waals surface area contributed by atoms with E-state index in [-0.39, 0.29) is 18.4 Å². The van der Waals surface area contributed by atoms with Gasteiger partial charge in [-0.1, -0.05) is 25.0 Å². The van der Waals surface area contributed by atoms with Gasteiger partial charge in [0.2, 0.25) is 0 Å². The molecule has 1 aromatic carbocycles. The smallest absolute Gasteiger partial charge is 0.119 e. The molecule has 1 aliphatic carbocycles. The van der Waals surface area contributed by atoms with Crippen LogP contribution in [0.25, 0.3) is 0 Å². The van der Waals surface area contributed by atoms with Crippen LogP contribution < -0.4 is 10.1 Å². The summed E-state index contributed by atoms with van der Waals surface area (Å²) in [6.07, 6.45) is 5.36. The largest absolute Gasteiger partial charge is 0.497 e.